The van der Waals surface area contributed by atoms with Crippen LogP contribution in [0.15, 0.2) is 53.4 Å². The second-order valence-corrected chi connectivity index (χ2v) is 9.53. The second kappa shape index (κ2) is 9.05. The molecule has 1 saturated heterocycles. The van der Waals surface area contributed by atoms with Crippen LogP contribution in [0.25, 0.3) is 5.69 Å². The van der Waals surface area contributed by atoms with Gasteiger partial charge < -0.3 is 10.2 Å². The summed E-state index contributed by atoms with van der Waals surface area (Å²) in [6, 6.07) is 14.1. The van der Waals surface area contributed by atoms with E-state index in [1.165, 1.54) is 4.31 Å². The number of aryl methyl sites for hydroxylation is 2. The molecular weight excluding hydrogens is 430 g/mol. The molecule has 0 radical (unpaired) electrons. The summed E-state index contributed by atoms with van der Waals surface area (Å²) in [6.07, 6.45) is 0. The van der Waals surface area contributed by atoms with Crippen LogP contribution in [0.4, 0.5) is 5.69 Å². The number of rotatable bonds is 6. The molecule has 0 unspecified atom stereocenters. The molecule has 10 nitrogen and oxygen atoms in total. The van der Waals surface area contributed by atoms with Gasteiger partial charge >= 0.3 is 0 Å². The lowest BCUT2D eigenvalue weighted by molar-refractivity contribution is -0.130. The zero-order chi connectivity index (χ0) is 22.7. The van der Waals surface area contributed by atoms with Crippen molar-refractivity contribution in [2.75, 3.05) is 38.0 Å². The molecule has 0 aliphatic carbocycles. The molecule has 168 valence electrons. The highest BCUT2D eigenvalue weighted by molar-refractivity contribution is 7.89. The number of hydrogen-bond donors (Lipinski definition) is 1. The zero-order valence-electron chi connectivity index (χ0n) is 18.0. The number of benzene rings is 2. The van der Waals surface area contributed by atoms with Crippen LogP contribution in [0.3, 0.4) is 0 Å². The van der Waals surface area contributed by atoms with Crippen molar-refractivity contribution in [3.63, 3.8) is 0 Å². The number of piperazine rings is 1. The largest absolute Gasteiger partial charge is 0.376 e. The van der Waals surface area contributed by atoms with E-state index in [9.17, 15) is 13.2 Å². The number of carbonyl (C=O) groups is 1. The first-order valence-electron chi connectivity index (χ1n) is 10.3. The lowest BCUT2D eigenvalue weighted by Gasteiger charge is -2.34. The summed E-state index contributed by atoms with van der Waals surface area (Å²) in [4.78, 5) is 14.6. The van der Waals surface area contributed by atoms with Gasteiger partial charge in [0.05, 0.1) is 17.1 Å². The molecule has 0 bridgehead atoms. The maximum absolute atomic E-state index is 12.7. The van der Waals surface area contributed by atoms with Gasteiger partial charge in [-0.15, -0.1) is 5.10 Å². The summed E-state index contributed by atoms with van der Waals surface area (Å²) in [5, 5.41) is 14.8. The first-order valence-corrected chi connectivity index (χ1v) is 11.7. The van der Waals surface area contributed by atoms with Gasteiger partial charge in [-0.3, -0.25) is 4.79 Å². The Morgan fingerprint density at radius 2 is 1.75 bits per heavy atom. The van der Waals surface area contributed by atoms with Crippen LogP contribution in [-0.4, -0.2) is 76.5 Å². The summed E-state index contributed by atoms with van der Waals surface area (Å²) >= 11 is 0. The van der Waals surface area contributed by atoms with Crippen LogP contribution in [0.5, 0.6) is 0 Å². The van der Waals surface area contributed by atoms with Crippen molar-refractivity contribution in [2.45, 2.75) is 18.7 Å². The van der Waals surface area contributed by atoms with Crippen molar-refractivity contribution >= 4 is 21.6 Å². The van der Waals surface area contributed by atoms with Crippen molar-refractivity contribution in [3.8, 4) is 5.69 Å². The number of sulfonamides is 1. The number of aromatic nitrogens is 4. The number of hydrogen-bond acceptors (Lipinski definition) is 7. The highest BCUT2D eigenvalue weighted by atomic mass is 32.2. The van der Waals surface area contributed by atoms with Crippen LogP contribution in [0, 0.1) is 13.8 Å². The Bertz CT molecular complexity index is 1200. The fourth-order valence-electron chi connectivity index (χ4n) is 3.61. The van der Waals surface area contributed by atoms with Crippen molar-refractivity contribution in [1.82, 2.24) is 29.4 Å². The monoisotopic (exact) mass is 455 g/mol. The Labute approximate surface area is 186 Å². The van der Waals surface area contributed by atoms with Gasteiger partial charge in [-0.1, -0.05) is 24.3 Å². The van der Waals surface area contributed by atoms with E-state index in [4.69, 9.17) is 0 Å². The normalized spacial score (nSPS) is 15.0. The van der Waals surface area contributed by atoms with Crippen LogP contribution in [0.1, 0.15) is 11.4 Å². The Balaban J connectivity index is 1.35. The molecule has 1 fully saturated rings. The highest BCUT2D eigenvalue weighted by Crippen LogP contribution is 2.20. The van der Waals surface area contributed by atoms with E-state index in [1.54, 1.807) is 39.9 Å². The average Bonchev–Trinajstić information content (AvgIpc) is 3.24. The van der Waals surface area contributed by atoms with Crippen molar-refractivity contribution < 1.29 is 13.2 Å². The summed E-state index contributed by atoms with van der Waals surface area (Å²) in [6.45, 7) is 5.16. The molecule has 0 atom stereocenters. The fraction of sp³-hybridized carbons (Fsp3) is 0.333. The maximum Gasteiger partial charge on any atom is 0.243 e. The van der Waals surface area contributed by atoms with E-state index in [-0.39, 0.29) is 30.4 Å². The third kappa shape index (κ3) is 4.48. The molecule has 1 N–H and O–H groups in total. The summed E-state index contributed by atoms with van der Waals surface area (Å²) in [5.74, 6) is 0.590. The molecule has 11 heteroatoms. The Kier molecular flexibility index (Phi) is 6.19. The first-order chi connectivity index (χ1) is 15.4. The molecule has 1 aromatic heterocycles. The number of anilines is 1. The van der Waals surface area contributed by atoms with Crippen molar-refractivity contribution in [2.24, 2.45) is 0 Å². The smallest absolute Gasteiger partial charge is 0.243 e. The fourth-order valence-corrected chi connectivity index (χ4v) is 5.05. The number of amides is 1. The van der Waals surface area contributed by atoms with E-state index in [1.807, 2.05) is 32.0 Å². The average molecular weight is 456 g/mol. The first kappa shape index (κ1) is 21.9. The molecule has 1 aliphatic rings. The number of carbonyl (C=O) groups excluding carboxylic acids is 1. The lowest BCUT2D eigenvalue weighted by Crippen LogP contribution is -2.51. The van der Waals surface area contributed by atoms with Crippen molar-refractivity contribution in [1.29, 1.82) is 0 Å². The number of nitrogens with one attached hydrogen (secondary N) is 1. The predicted octanol–water partition coefficient (Wildman–Crippen LogP) is 1.22. The Morgan fingerprint density at radius 1 is 1.03 bits per heavy atom. The van der Waals surface area contributed by atoms with Gasteiger partial charge in [0.15, 0.2) is 5.82 Å². The minimum Gasteiger partial charge on any atom is -0.376 e. The van der Waals surface area contributed by atoms with Gasteiger partial charge in [0.1, 0.15) is 0 Å². The van der Waals surface area contributed by atoms with E-state index in [0.717, 1.165) is 16.9 Å². The molecule has 0 spiro atoms. The van der Waals surface area contributed by atoms with Gasteiger partial charge in [-0.05, 0) is 54.1 Å². The molecular formula is C21H25N7O3S. The van der Waals surface area contributed by atoms with E-state index >= 15 is 0 Å². The van der Waals surface area contributed by atoms with Gasteiger partial charge in [0.25, 0.3) is 0 Å². The Morgan fingerprint density at radius 3 is 2.41 bits per heavy atom. The van der Waals surface area contributed by atoms with Crippen LogP contribution >= 0.6 is 0 Å². The summed E-state index contributed by atoms with van der Waals surface area (Å²) in [7, 11) is -3.54. The summed E-state index contributed by atoms with van der Waals surface area (Å²) < 4.78 is 28.6. The topological polar surface area (TPSA) is 113 Å². The maximum atomic E-state index is 12.7. The Hall–Kier alpha value is -3.31. The SMILES string of the molecule is Cc1ccc(NCC(=O)N2CCN(S(=O)(=O)c3ccccc3)CC2)cc1-n1nnnc1C. The summed E-state index contributed by atoms with van der Waals surface area (Å²) in [5.41, 5.74) is 2.62. The quantitative estimate of drug-likeness (QED) is 0.595. The van der Waals surface area contributed by atoms with E-state index in [2.05, 4.69) is 20.8 Å². The van der Waals surface area contributed by atoms with Gasteiger partial charge in [-0.25, -0.2) is 8.42 Å². The minimum atomic E-state index is -3.54. The third-order valence-corrected chi connectivity index (χ3v) is 7.39. The van der Waals surface area contributed by atoms with Crippen LogP contribution < -0.4 is 5.32 Å². The molecule has 3 aromatic rings. The zero-order valence-corrected chi connectivity index (χ0v) is 18.8. The van der Waals surface area contributed by atoms with E-state index < -0.39 is 10.0 Å². The van der Waals surface area contributed by atoms with Gasteiger partial charge in [0.2, 0.25) is 15.9 Å². The molecule has 1 amide bonds. The predicted molar refractivity (Wildman–Crippen MR) is 119 cm³/mol. The van der Waals surface area contributed by atoms with Crippen molar-refractivity contribution in [3.05, 3.63) is 59.9 Å². The minimum absolute atomic E-state index is 0.0810. The molecule has 2 aromatic carbocycles. The second-order valence-electron chi connectivity index (χ2n) is 7.59. The van der Waals surface area contributed by atoms with Crippen LogP contribution in [-0.2, 0) is 14.8 Å². The standard InChI is InChI=1S/C21H25N7O3S/c1-16-8-9-18(14-20(16)28-17(2)23-24-25-28)22-15-21(29)26-10-12-27(13-11-26)32(30,31)19-6-4-3-5-7-19/h3-9,14,22H,10-13,15H2,1-2H3. The van der Waals surface area contributed by atoms with Gasteiger partial charge in [0, 0.05) is 31.9 Å². The highest BCUT2D eigenvalue weighted by Gasteiger charge is 2.29. The number of tetrazole rings is 1. The van der Waals surface area contributed by atoms with E-state index in [0.29, 0.717) is 18.9 Å². The molecule has 4 rings (SSSR count). The lowest BCUT2D eigenvalue weighted by atomic mass is 10.1. The molecule has 1 aliphatic heterocycles. The van der Waals surface area contributed by atoms with Gasteiger partial charge in [-0.2, -0.15) is 8.99 Å². The third-order valence-electron chi connectivity index (χ3n) is 5.48. The van der Waals surface area contributed by atoms with Crippen LogP contribution in [0.2, 0.25) is 0 Å². The molecule has 2 heterocycles. The molecule has 32 heavy (non-hydrogen) atoms. The molecule has 0 saturated carbocycles. The number of nitrogens with zero attached hydrogens (tertiary/aromatic N) is 6.